The van der Waals surface area contributed by atoms with Gasteiger partial charge in [0.05, 0.1) is 0 Å². The van der Waals surface area contributed by atoms with Gasteiger partial charge in [-0.3, -0.25) is 14.9 Å². The second-order valence-electron chi connectivity index (χ2n) is 11.2. The van der Waals surface area contributed by atoms with E-state index in [1.165, 1.54) is 5.56 Å². The van der Waals surface area contributed by atoms with Crippen LogP contribution in [0.3, 0.4) is 0 Å². The summed E-state index contributed by atoms with van der Waals surface area (Å²) in [4.78, 5) is 39.5. The van der Waals surface area contributed by atoms with Crippen molar-refractivity contribution in [1.82, 2.24) is 10.2 Å². The van der Waals surface area contributed by atoms with Crippen LogP contribution in [-0.4, -0.2) is 47.5 Å². The number of nitrogens with zero attached hydrogens (tertiary/aromatic N) is 1. The normalized spacial score (nSPS) is 17.1. The monoisotopic (exact) mass is 533 g/mol. The molecule has 1 aliphatic rings. The lowest BCUT2D eigenvalue weighted by molar-refractivity contribution is -0.132. The number of hydrogen-bond acceptors (Lipinski definition) is 4. The highest BCUT2D eigenvalue weighted by Crippen LogP contribution is 2.28. The molecule has 3 rings (SSSR count). The van der Waals surface area contributed by atoms with Gasteiger partial charge in [0.2, 0.25) is 11.8 Å². The minimum Gasteiger partial charge on any atom is -0.444 e. The molecular formula is C32H43N3O4. The van der Waals surface area contributed by atoms with Gasteiger partial charge >= 0.3 is 6.09 Å². The van der Waals surface area contributed by atoms with Gasteiger partial charge in [0.15, 0.2) is 0 Å². The van der Waals surface area contributed by atoms with Crippen LogP contribution >= 0.6 is 0 Å². The van der Waals surface area contributed by atoms with Crippen LogP contribution in [0.2, 0.25) is 0 Å². The van der Waals surface area contributed by atoms with Crippen molar-refractivity contribution in [2.24, 2.45) is 5.92 Å². The van der Waals surface area contributed by atoms with Gasteiger partial charge in [-0.25, -0.2) is 4.79 Å². The molecule has 0 bridgehead atoms. The Morgan fingerprint density at radius 2 is 1.69 bits per heavy atom. The predicted molar refractivity (Wildman–Crippen MR) is 155 cm³/mol. The molecule has 0 radical (unpaired) electrons. The van der Waals surface area contributed by atoms with E-state index in [1.54, 1.807) is 0 Å². The van der Waals surface area contributed by atoms with Gasteiger partial charge < -0.3 is 15.0 Å². The summed E-state index contributed by atoms with van der Waals surface area (Å²) in [6, 6.07) is 17.9. The lowest BCUT2D eigenvalue weighted by Gasteiger charge is -2.25. The Labute approximate surface area is 233 Å². The SMILES string of the molecule is C=CC[C@@H]1C[C@@H](CNC(=O)CCCc2ccc(NC(=O)OC(C)(C)C)cc2)N(CCCc2ccccc2)C1=O. The number of nitrogens with one attached hydrogen (secondary N) is 2. The first-order valence-electron chi connectivity index (χ1n) is 14.0. The van der Waals surface area contributed by atoms with E-state index in [4.69, 9.17) is 4.74 Å². The number of benzene rings is 2. The summed E-state index contributed by atoms with van der Waals surface area (Å²) in [5, 5.41) is 5.78. The number of anilines is 1. The summed E-state index contributed by atoms with van der Waals surface area (Å²) in [7, 11) is 0. The average Bonchev–Trinajstić information content (AvgIpc) is 3.18. The van der Waals surface area contributed by atoms with Gasteiger partial charge in [0.25, 0.3) is 0 Å². The molecule has 0 saturated carbocycles. The number of likely N-dealkylation sites (tertiary alicyclic amines) is 1. The van der Waals surface area contributed by atoms with Gasteiger partial charge in [-0.1, -0.05) is 48.5 Å². The van der Waals surface area contributed by atoms with E-state index in [-0.39, 0.29) is 23.8 Å². The van der Waals surface area contributed by atoms with E-state index in [2.05, 4.69) is 29.3 Å². The van der Waals surface area contributed by atoms with Gasteiger partial charge in [-0.2, -0.15) is 0 Å². The molecule has 39 heavy (non-hydrogen) atoms. The lowest BCUT2D eigenvalue weighted by atomic mass is 10.0. The number of carbonyl (C=O) groups is 3. The molecule has 7 nitrogen and oxygen atoms in total. The molecule has 0 spiro atoms. The van der Waals surface area contributed by atoms with Crippen molar-refractivity contribution in [3.05, 3.63) is 78.4 Å². The van der Waals surface area contributed by atoms with Crippen molar-refractivity contribution in [2.75, 3.05) is 18.4 Å². The van der Waals surface area contributed by atoms with Crippen LogP contribution in [0, 0.1) is 5.92 Å². The standard InChI is InChI=1S/C32H43N3O4/c1-5-11-26-22-28(35(30(26)37)21-10-15-24-12-7-6-8-13-24)23-33-29(36)16-9-14-25-17-19-27(20-18-25)34-31(38)39-32(2,3)4/h5-8,12-13,17-20,26,28H,1,9-11,14-16,21-23H2,2-4H3,(H,33,36)(H,34,38)/t26-,28+/m1/s1. The van der Waals surface area contributed by atoms with Crippen molar-refractivity contribution < 1.29 is 19.1 Å². The number of rotatable bonds is 13. The molecule has 3 amide bonds. The van der Waals surface area contributed by atoms with E-state index in [0.29, 0.717) is 38.0 Å². The maximum absolute atomic E-state index is 13.0. The number of ether oxygens (including phenoxy) is 1. The summed E-state index contributed by atoms with van der Waals surface area (Å²) < 4.78 is 5.27. The fourth-order valence-corrected chi connectivity index (χ4v) is 4.90. The lowest BCUT2D eigenvalue weighted by Crippen LogP contribution is -2.42. The zero-order valence-corrected chi connectivity index (χ0v) is 23.6. The number of hydrogen-bond donors (Lipinski definition) is 2. The Morgan fingerprint density at radius 1 is 1.03 bits per heavy atom. The van der Waals surface area contributed by atoms with Crippen LogP contribution in [0.5, 0.6) is 0 Å². The summed E-state index contributed by atoms with van der Waals surface area (Å²) in [6.07, 6.45) is 6.46. The first-order valence-corrected chi connectivity index (χ1v) is 14.0. The molecule has 0 aromatic heterocycles. The van der Waals surface area contributed by atoms with Crippen LogP contribution in [0.25, 0.3) is 0 Å². The number of carbonyl (C=O) groups excluding carboxylic acids is 3. The van der Waals surface area contributed by atoms with Crippen LogP contribution in [-0.2, 0) is 27.2 Å². The molecule has 1 aliphatic heterocycles. The highest BCUT2D eigenvalue weighted by atomic mass is 16.6. The number of amides is 3. The molecule has 1 fully saturated rings. The Kier molecular flexibility index (Phi) is 11.1. The molecular weight excluding hydrogens is 490 g/mol. The second-order valence-corrected chi connectivity index (χ2v) is 11.2. The maximum atomic E-state index is 13.0. The third-order valence-electron chi connectivity index (χ3n) is 6.79. The summed E-state index contributed by atoms with van der Waals surface area (Å²) in [5.41, 5.74) is 2.48. The van der Waals surface area contributed by atoms with E-state index in [0.717, 1.165) is 31.2 Å². The van der Waals surface area contributed by atoms with Crippen molar-refractivity contribution in [3.8, 4) is 0 Å². The highest BCUT2D eigenvalue weighted by Gasteiger charge is 2.38. The Hall–Kier alpha value is -3.61. The summed E-state index contributed by atoms with van der Waals surface area (Å²) >= 11 is 0. The molecule has 7 heteroatoms. The smallest absolute Gasteiger partial charge is 0.412 e. The van der Waals surface area contributed by atoms with E-state index in [1.807, 2.05) is 74.2 Å². The topological polar surface area (TPSA) is 87.7 Å². The first-order chi connectivity index (χ1) is 18.6. The predicted octanol–water partition coefficient (Wildman–Crippen LogP) is 5.90. The van der Waals surface area contributed by atoms with Crippen LogP contribution in [0.1, 0.15) is 64.0 Å². The molecule has 1 saturated heterocycles. The Morgan fingerprint density at radius 3 is 2.36 bits per heavy atom. The minimum absolute atomic E-state index is 0.00191. The van der Waals surface area contributed by atoms with Crippen molar-refractivity contribution in [3.63, 3.8) is 0 Å². The number of allylic oxidation sites excluding steroid dienone is 1. The van der Waals surface area contributed by atoms with Crippen molar-refractivity contribution in [1.29, 1.82) is 0 Å². The Balaban J connectivity index is 1.41. The van der Waals surface area contributed by atoms with Gasteiger partial charge in [-0.05, 0) is 82.6 Å². The van der Waals surface area contributed by atoms with Gasteiger partial charge in [0, 0.05) is 37.2 Å². The third kappa shape index (κ3) is 10.2. The zero-order valence-electron chi connectivity index (χ0n) is 23.6. The average molecular weight is 534 g/mol. The fraction of sp³-hybridized carbons (Fsp3) is 0.469. The quantitative estimate of drug-likeness (QED) is 0.314. The molecule has 2 aromatic carbocycles. The molecule has 2 atom stereocenters. The van der Waals surface area contributed by atoms with E-state index in [9.17, 15) is 14.4 Å². The third-order valence-corrected chi connectivity index (χ3v) is 6.79. The van der Waals surface area contributed by atoms with Gasteiger partial charge in [0.1, 0.15) is 5.60 Å². The minimum atomic E-state index is -0.550. The fourth-order valence-electron chi connectivity index (χ4n) is 4.90. The van der Waals surface area contributed by atoms with E-state index >= 15 is 0 Å². The summed E-state index contributed by atoms with van der Waals surface area (Å²) in [6.45, 7) is 10.4. The Bertz CT molecular complexity index is 1090. The van der Waals surface area contributed by atoms with E-state index < -0.39 is 11.7 Å². The molecule has 0 aliphatic carbocycles. The van der Waals surface area contributed by atoms with Crippen molar-refractivity contribution in [2.45, 2.75) is 77.4 Å². The van der Waals surface area contributed by atoms with Crippen LogP contribution in [0.4, 0.5) is 10.5 Å². The maximum Gasteiger partial charge on any atom is 0.412 e. The summed E-state index contributed by atoms with van der Waals surface area (Å²) in [5.74, 6) is 0.128. The van der Waals surface area contributed by atoms with Gasteiger partial charge in [-0.15, -0.1) is 6.58 Å². The van der Waals surface area contributed by atoms with Crippen LogP contribution < -0.4 is 10.6 Å². The molecule has 210 valence electrons. The number of aryl methyl sites for hydroxylation is 2. The molecule has 2 aromatic rings. The zero-order chi connectivity index (χ0) is 28.3. The molecule has 1 heterocycles. The largest absolute Gasteiger partial charge is 0.444 e. The van der Waals surface area contributed by atoms with Crippen molar-refractivity contribution >= 4 is 23.6 Å². The second kappa shape index (κ2) is 14.5. The molecule has 0 unspecified atom stereocenters. The first kappa shape index (κ1) is 29.9. The highest BCUT2D eigenvalue weighted by molar-refractivity contribution is 5.85. The van der Waals surface area contributed by atoms with Crippen LogP contribution in [0.15, 0.2) is 67.3 Å². The molecule has 2 N–H and O–H groups in total.